The van der Waals surface area contributed by atoms with Crippen LogP contribution in [0, 0.1) is 0 Å². The Bertz CT molecular complexity index is 608. The van der Waals surface area contributed by atoms with Gasteiger partial charge >= 0.3 is 0 Å². The lowest BCUT2D eigenvalue weighted by Crippen LogP contribution is -2.26. The number of amides is 1. The number of nitrogen functional groups attached to an aromatic ring is 1. The van der Waals surface area contributed by atoms with Crippen LogP contribution in [0.5, 0.6) is 11.5 Å². The topological polar surface area (TPSA) is 86.7 Å². The van der Waals surface area contributed by atoms with E-state index >= 15 is 0 Å². The Morgan fingerprint density at radius 2 is 2.00 bits per heavy atom. The smallest absolute Gasteiger partial charge is 0.253 e. The van der Waals surface area contributed by atoms with E-state index < -0.39 is 0 Å². The third-order valence-corrected chi connectivity index (χ3v) is 3.04. The first-order valence-electron chi connectivity index (χ1n) is 6.47. The molecule has 1 heterocycles. The van der Waals surface area contributed by atoms with Crippen LogP contribution in [0.25, 0.3) is 0 Å². The summed E-state index contributed by atoms with van der Waals surface area (Å²) < 4.78 is 15.5. The van der Waals surface area contributed by atoms with Crippen molar-refractivity contribution in [1.29, 1.82) is 0 Å². The highest BCUT2D eigenvalue weighted by molar-refractivity contribution is 6.00. The van der Waals surface area contributed by atoms with Gasteiger partial charge in [0.2, 0.25) is 0 Å². The predicted molar refractivity (Wildman–Crippen MR) is 78.7 cm³/mol. The molecule has 21 heavy (non-hydrogen) atoms. The molecule has 0 saturated carbocycles. The van der Waals surface area contributed by atoms with E-state index in [0.29, 0.717) is 35.7 Å². The highest BCUT2D eigenvalue weighted by atomic mass is 16.5. The van der Waals surface area contributed by atoms with Gasteiger partial charge in [-0.15, -0.1) is 0 Å². The molecular weight excluding hydrogens is 272 g/mol. The van der Waals surface area contributed by atoms with Crippen molar-refractivity contribution in [2.45, 2.75) is 6.42 Å². The fraction of sp³-hybridized carbons (Fsp3) is 0.267. The van der Waals surface area contributed by atoms with Gasteiger partial charge in [0.25, 0.3) is 5.91 Å². The number of hydrogen-bond donors (Lipinski definition) is 2. The van der Waals surface area contributed by atoms with Crippen molar-refractivity contribution in [1.82, 2.24) is 5.32 Å². The number of carbonyl (C=O) groups excluding carboxylic acids is 1. The number of nitrogens with one attached hydrogen (secondary N) is 1. The first kappa shape index (κ1) is 14.8. The second-order valence-corrected chi connectivity index (χ2v) is 4.38. The van der Waals surface area contributed by atoms with E-state index in [0.717, 1.165) is 5.76 Å². The molecule has 1 aromatic carbocycles. The van der Waals surface area contributed by atoms with Crippen LogP contribution in [0.4, 0.5) is 5.69 Å². The number of furan rings is 1. The molecule has 1 aromatic heterocycles. The summed E-state index contributed by atoms with van der Waals surface area (Å²) in [5.74, 6) is 1.50. The quantitative estimate of drug-likeness (QED) is 0.793. The lowest BCUT2D eigenvalue weighted by atomic mass is 10.1. The Kier molecular flexibility index (Phi) is 4.71. The third kappa shape index (κ3) is 3.47. The normalized spacial score (nSPS) is 10.2. The second-order valence-electron chi connectivity index (χ2n) is 4.38. The zero-order valence-corrected chi connectivity index (χ0v) is 12.0. The largest absolute Gasteiger partial charge is 0.493 e. The van der Waals surface area contributed by atoms with Crippen LogP contribution in [0.1, 0.15) is 16.1 Å². The molecule has 1 amide bonds. The first-order chi connectivity index (χ1) is 10.2. The molecular formula is C15H18N2O4. The molecule has 0 bridgehead atoms. The minimum atomic E-state index is -0.264. The number of rotatable bonds is 6. The fourth-order valence-electron chi connectivity index (χ4n) is 1.94. The number of hydrogen-bond acceptors (Lipinski definition) is 5. The highest BCUT2D eigenvalue weighted by Gasteiger charge is 2.15. The lowest BCUT2D eigenvalue weighted by molar-refractivity contribution is 0.0954. The van der Waals surface area contributed by atoms with Crippen molar-refractivity contribution >= 4 is 11.6 Å². The summed E-state index contributed by atoms with van der Waals surface area (Å²) in [5.41, 5.74) is 6.56. The summed E-state index contributed by atoms with van der Waals surface area (Å²) in [7, 11) is 3.02. The van der Waals surface area contributed by atoms with Crippen LogP contribution >= 0.6 is 0 Å². The van der Waals surface area contributed by atoms with Gasteiger partial charge < -0.3 is 24.9 Å². The van der Waals surface area contributed by atoms with Gasteiger partial charge in [-0.1, -0.05) is 0 Å². The maximum absolute atomic E-state index is 12.1. The number of nitrogens with two attached hydrogens (primary N) is 1. The minimum Gasteiger partial charge on any atom is -0.493 e. The van der Waals surface area contributed by atoms with Gasteiger partial charge in [-0.05, 0) is 18.2 Å². The van der Waals surface area contributed by atoms with E-state index in [1.807, 2.05) is 12.1 Å². The molecule has 0 saturated heterocycles. The number of anilines is 1. The monoisotopic (exact) mass is 290 g/mol. The van der Waals surface area contributed by atoms with Gasteiger partial charge in [-0.25, -0.2) is 0 Å². The van der Waals surface area contributed by atoms with Crippen molar-refractivity contribution in [2.75, 3.05) is 26.5 Å². The summed E-state index contributed by atoms with van der Waals surface area (Å²) >= 11 is 0. The number of ether oxygens (including phenoxy) is 2. The molecule has 0 radical (unpaired) electrons. The van der Waals surface area contributed by atoms with Gasteiger partial charge in [0.05, 0.1) is 26.0 Å². The average molecular weight is 290 g/mol. The van der Waals surface area contributed by atoms with Crippen molar-refractivity contribution in [3.8, 4) is 11.5 Å². The van der Waals surface area contributed by atoms with Crippen LogP contribution in [-0.2, 0) is 6.42 Å². The average Bonchev–Trinajstić information content (AvgIpc) is 3.00. The molecule has 0 fully saturated rings. The molecule has 0 atom stereocenters. The Labute approximate surface area is 122 Å². The predicted octanol–water partition coefficient (Wildman–Crippen LogP) is 1.85. The molecule has 0 aliphatic carbocycles. The summed E-state index contributed by atoms with van der Waals surface area (Å²) in [6, 6.07) is 6.80. The van der Waals surface area contributed by atoms with Crippen LogP contribution in [0.3, 0.4) is 0 Å². The summed E-state index contributed by atoms with van der Waals surface area (Å²) in [5, 5.41) is 2.79. The van der Waals surface area contributed by atoms with Gasteiger partial charge in [0.15, 0.2) is 11.5 Å². The molecule has 2 rings (SSSR count). The van der Waals surface area contributed by atoms with Crippen LogP contribution in [-0.4, -0.2) is 26.7 Å². The standard InChI is InChI=1S/C15H18N2O4/c1-19-13-8-11(12(16)9-14(13)20-2)15(18)17-6-5-10-4-3-7-21-10/h3-4,7-9H,5-6,16H2,1-2H3,(H,17,18). The minimum absolute atomic E-state index is 0.264. The van der Waals surface area contributed by atoms with E-state index in [2.05, 4.69) is 5.32 Å². The number of carbonyl (C=O) groups is 1. The van der Waals surface area contributed by atoms with E-state index in [1.165, 1.54) is 14.2 Å². The molecule has 112 valence electrons. The number of benzene rings is 1. The first-order valence-corrected chi connectivity index (χ1v) is 6.47. The highest BCUT2D eigenvalue weighted by Crippen LogP contribution is 2.31. The maximum atomic E-state index is 12.1. The van der Waals surface area contributed by atoms with Crippen molar-refractivity contribution in [2.24, 2.45) is 0 Å². The summed E-state index contributed by atoms with van der Waals surface area (Å²) in [6.07, 6.45) is 2.22. The maximum Gasteiger partial charge on any atom is 0.253 e. The van der Waals surface area contributed by atoms with Crippen LogP contribution in [0.2, 0.25) is 0 Å². The van der Waals surface area contributed by atoms with E-state index in [9.17, 15) is 4.79 Å². The Balaban J connectivity index is 2.04. The van der Waals surface area contributed by atoms with Crippen molar-refractivity contribution in [3.63, 3.8) is 0 Å². The Morgan fingerprint density at radius 3 is 2.62 bits per heavy atom. The van der Waals surface area contributed by atoms with Crippen LogP contribution < -0.4 is 20.5 Å². The zero-order valence-electron chi connectivity index (χ0n) is 12.0. The molecule has 3 N–H and O–H groups in total. The van der Waals surface area contributed by atoms with Gasteiger partial charge in [-0.2, -0.15) is 0 Å². The molecule has 0 aliphatic rings. The fourth-order valence-corrected chi connectivity index (χ4v) is 1.94. The summed E-state index contributed by atoms with van der Waals surface area (Å²) in [6.45, 7) is 0.458. The second kappa shape index (κ2) is 6.69. The SMILES string of the molecule is COc1cc(N)c(C(=O)NCCc2ccco2)cc1OC. The summed E-state index contributed by atoms with van der Waals surface area (Å²) in [4.78, 5) is 12.1. The van der Waals surface area contributed by atoms with E-state index in [-0.39, 0.29) is 5.91 Å². The molecule has 6 nitrogen and oxygen atoms in total. The molecule has 0 spiro atoms. The van der Waals surface area contributed by atoms with E-state index in [1.54, 1.807) is 18.4 Å². The molecule has 6 heteroatoms. The molecule has 0 aliphatic heterocycles. The van der Waals surface area contributed by atoms with Crippen LogP contribution in [0.15, 0.2) is 34.9 Å². The van der Waals surface area contributed by atoms with Gasteiger partial charge in [0.1, 0.15) is 5.76 Å². The van der Waals surface area contributed by atoms with Gasteiger partial charge in [0, 0.05) is 24.7 Å². The Hall–Kier alpha value is -2.63. The third-order valence-electron chi connectivity index (χ3n) is 3.04. The lowest BCUT2D eigenvalue weighted by Gasteiger charge is -2.12. The van der Waals surface area contributed by atoms with Gasteiger partial charge in [-0.3, -0.25) is 4.79 Å². The molecule has 2 aromatic rings. The number of methoxy groups -OCH3 is 2. The van der Waals surface area contributed by atoms with Crippen molar-refractivity contribution < 1.29 is 18.7 Å². The molecule has 0 unspecified atom stereocenters. The van der Waals surface area contributed by atoms with Crippen molar-refractivity contribution in [3.05, 3.63) is 41.9 Å². The Morgan fingerprint density at radius 1 is 1.29 bits per heavy atom. The zero-order chi connectivity index (χ0) is 15.2. The van der Waals surface area contributed by atoms with E-state index in [4.69, 9.17) is 19.6 Å².